The number of azo groups is 2. The molecule has 0 fully saturated rings. The van der Waals surface area contributed by atoms with Gasteiger partial charge in [-0.3, -0.25) is 13.9 Å². The van der Waals surface area contributed by atoms with Crippen LogP contribution in [-0.4, -0.2) is 54.1 Å². The van der Waals surface area contributed by atoms with Crippen molar-refractivity contribution in [3.8, 4) is 5.75 Å². The summed E-state index contributed by atoms with van der Waals surface area (Å²) in [7, 11) is -8.66. The summed E-state index contributed by atoms with van der Waals surface area (Å²) in [5, 5.41) is 49.2. The van der Waals surface area contributed by atoms with Gasteiger partial charge in [0.05, 0.1) is 29.7 Å². The lowest BCUT2D eigenvalue weighted by atomic mass is 10.1. The van der Waals surface area contributed by atoms with Gasteiger partial charge in [0.15, 0.2) is 5.75 Å². The third-order valence-corrected chi connectivity index (χ3v) is 9.60. The number of amides is 1. The minimum atomic E-state index is -5.02. The number of nitrogens with one attached hydrogen (secondary N) is 1. The molecule has 52 heavy (non-hydrogen) atoms. The summed E-state index contributed by atoms with van der Waals surface area (Å²) in [4.78, 5) is 11.7. The van der Waals surface area contributed by atoms with Gasteiger partial charge in [0, 0.05) is 28.8 Å². The lowest BCUT2D eigenvalue weighted by Crippen LogP contribution is -2.11. The van der Waals surface area contributed by atoms with Crippen LogP contribution in [0.5, 0.6) is 5.75 Å². The molecule has 5 aromatic rings. The van der Waals surface area contributed by atoms with E-state index in [1.54, 1.807) is 30.3 Å². The highest BCUT2D eigenvalue weighted by atomic mass is 32.2. The first-order valence-corrected chi connectivity index (χ1v) is 18.0. The van der Waals surface area contributed by atoms with Crippen LogP contribution in [0.25, 0.3) is 22.9 Å². The van der Waals surface area contributed by atoms with E-state index in [2.05, 4.69) is 30.0 Å². The molecule has 0 saturated carbocycles. The van der Waals surface area contributed by atoms with Gasteiger partial charge < -0.3 is 15.6 Å². The van der Waals surface area contributed by atoms with Crippen LogP contribution >= 0.6 is 12.0 Å². The van der Waals surface area contributed by atoms with Crippen molar-refractivity contribution < 1.29 is 55.3 Å². The average Bonchev–Trinajstić information content (AvgIpc) is 3.12. The lowest BCUT2D eigenvalue weighted by molar-refractivity contribution is -0.440. The van der Waals surface area contributed by atoms with Gasteiger partial charge >= 0.3 is 0 Å². The second-order valence-corrected chi connectivity index (χ2v) is 14.0. The first-order chi connectivity index (χ1) is 24.7. The van der Waals surface area contributed by atoms with Gasteiger partial charge in [0.1, 0.15) is 15.5 Å². The van der Waals surface area contributed by atoms with Crippen LogP contribution in [0.4, 0.5) is 22.7 Å². The molecule has 268 valence electrons. The maximum atomic E-state index is 12.6. The quantitative estimate of drug-likeness (QED) is 0.0157. The zero-order chi connectivity index (χ0) is 37.6. The molecule has 0 atom stereocenters. The second-order valence-electron chi connectivity index (χ2n) is 10.5. The van der Waals surface area contributed by atoms with Crippen LogP contribution in [0.1, 0.15) is 21.5 Å². The number of hydrogen-bond donors (Lipinski definition) is 5. The Kier molecular flexibility index (Phi) is 11.4. The van der Waals surface area contributed by atoms with Crippen LogP contribution in [0, 0.1) is 5.21 Å². The van der Waals surface area contributed by atoms with E-state index in [4.69, 9.17) is 5.26 Å². The van der Waals surface area contributed by atoms with Gasteiger partial charge in [-0.15, -0.1) is 9.45 Å². The molecule has 0 aliphatic carbocycles. The summed E-state index contributed by atoms with van der Waals surface area (Å²) in [6.45, 7) is 0. The summed E-state index contributed by atoms with van der Waals surface area (Å²) < 4.78 is 74.0. The van der Waals surface area contributed by atoms with E-state index in [-0.39, 0.29) is 38.3 Å². The Hall–Kier alpha value is -5.58. The monoisotopic (exact) mass is 767 g/mol. The van der Waals surface area contributed by atoms with E-state index in [1.807, 2.05) is 0 Å². The largest absolute Gasteiger partial charge is 0.594 e. The number of carbonyl (C=O) groups is 1. The highest BCUT2D eigenvalue weighted by Crippen LogP contribution is 2.42. The van der Waals surface area contributed by atoms with Crippen molar-refractivity contribution in [2.45, 2.75) is 14.7 Å². The van der Waals surface area contributed by atoms with E-state index < -0.39 is 47.4 Å². The van der Waals surface area contributed by atoms with Crippen LogP contribution in [0.3, 0.4) is 0 Å². The fourth-order valence-corrected chi connectivity index (χ4v) is 6.63. The standard InChI is InChI=1S/C32H25N5O12S3/c1-33-37(40)25-13-10-19(27(18-25)50-49-48-41)7-8-20-9-11-24(17-28(20)51(42,43)44)35-36-30-29(52(45,46)47)16-22-15-23(12-14-26(22)31(30)38)34-32(39)21-5-3-2-4-6-21/h2-18,38,41H,1H3,(H,34,39)(H,42,43,44)(H,45,46,47)/b8-7+,36-35?,37-33?. The SMILES string of the molecule is CN=[N+]([O-])c1ccc(/C=C/c2ccc(N=Nc3c(S(=O)(=O)O)cc4cc(NC(=O)c5ccccc5)ccc4c3O)cc2S(=O)(=O)O)c(SOOO)c1. The molecule has 5 aromatic carbocycles. The van der Waals surface area contributed by atoms with E-state index in [1.165, 1.54) is 67.7 Å². The lowest BCUT2D eigenvalue weighted by Gasteiger charge is -2.11. The molecule has 20 heteroatoms. The smallest absolute Gasteiger partial charge is 0.296 e. The van der Waals surface area contributed by atoms with E-state index in [0.29, 0.717) is 28.0 Å². The molecular weight excluding hydrogens is 743 g/mol. The Morgan fingerprint density at radius 1 is 0.865 bits per heavy atom. The van der Waals surface area contributed by atoms with Crippen molar-refractivity contribution in [2.75, 3.05) is 12.4 Å². The highest BCUT2D eigenvalue weighted by Gasteiger charge is 2.23. The van der Waals surface area contributed by atoms with Crippen molar-refractivity contribution in [1.29, 1.82) is 0 Å². The molecule has 0 aliphatic rings. The Labute approximate surface area is 299 Å². The Balaban J connectivity index is 1.50. The number of carbonyl (C=O) groups excluding carboxylic acids is 1. The fraction of sp³-hybridized carbons (Fsp3) is 0.0312. The number of benzene rings is 5. The van der Waals surface area contributed by atoms with Gasteiger partial charge in [0.2, 0.25) is 5.69 Å². The number of phenolic OH excluding ortho intramolecular Hbond substituents is 1. The van der Waals surface area contributed by atoms with Crippen molar-refractivity contribution in [3.63, 3.8) is 0 Å². The molecule has 0 aromatic heterocycles. The molecule has 1 amide bonds. The third kappa shape index (κ3) is 8.82. The third-order valence-electron chi connectivity index (χ3n) is 7.16. The van der Waals surface area contributed by atoms with Crippen LogP contribution in [0.2, 0.25) is 0 Å². The van der Waals surface area contributed by atoms with Gasteiger partial charge in [-0.1, -0.05) is 46.3 Å². The molecule has 0 spiro atoms. The van der Waals surface area contributed by atoms with Crippen LogP contribution in [-0.2, 0) is 29.6 Å². The number of anilines is 1. The summed E-state index contributed by atoms with van der Waals surface area (Å²) in [5.41, 5.74) is 0.142. The molecule has 0 aliphatic heterocycles. The topological polar surface area (TPSA) is 260 Å². The Morgan fingerprint density at radius 2 is 1.56 bits per heavy atom. The molecule has 5 rings (SSSR count). The molecule has 0 heterocycles. The number of phenols is 1. The molecule has 0 radical (unpaired) electrons. The first kappa shape index (κ1) is 37.7. The normalized spacial score (nSPS) is 12.6. The summed E-state index contributed by atoms with van der Waals surface area (Å²) >= 11 is 0.524. The van der Waals surface area contributed by atoms with E-state index >= 15 is 0 Å². The van der Waals surface area contributed by atoms with Gasteiger partial charge in [-0.25, -0.2) is 5.26 Å². The number of hydrogen-bond acceptors (Lipinski definition) is 14. The van der Waals surface area contributed by atoms with Gasteiger partial charge in [-0.2, -0.15) is 21.9 Å². The zero-order valence-electron chi connectivity index (χ0n) is 26.4. The van der Waals surface area contributed by atoms with Crippen LogP contribution in [0.15, 0.2) is 121 Å². The Bertz CT molecular complexity index is 2490. The maximum absolute atomic E-state index is 12.6. The Morgan fingerprint density at radius 3 is 2.23 bits per heavy atom. The number of aromatic hydroxyl groups is 1. The summed E-state index contributed by atoms with van der Waals surface area (Å²) in [6.07, 6.45) is 2.70. The molecule has 0 unspecified atom stereocenters. The van der Waals surface area contributed by atoms with E-state index in [9.17, 15) is 41.0 Å². The van der Waals surface area contributed by atoms with E-state index in [0.717, 1.165) is 12.1 Å². The average molecular weight is 768 g/mol. The van der Waals surface area contributed by atoms with Crippen LogP contribution < -0.4 is 5.32 Å². The first-order valence-electron chi connectivity index (χ1n) is 14.4. The molecule has 5 N–H and O–H groups in total. The van der Waals surface area contributed by atoms with Gasteiger partial charge in [-0.05, 0) is 76.2 Å². The molecular formula is C32H25N5O12S3. The van der Waals surface area contributed by atoms with Crippen molar-refractivity contribution >= 4 is 83.9 Å². The summed E-state index contributed by atoms with van der Waals surface area (Å²) in [6, 6.07) is 21.1. The number of fused-ring (bicyclic) bond motifs is 1. The highest BCUT2D eigenvalue weighted by molar-refractivity contribution is 7.94. The minimum Gasteiger partial charge on any atom is -0.594 e. The van der Waals surface area contributed by atoms with Crippen molar-refractivity contribution in [3.05, 3.63) is 113 Å². The predicted octanol–water partition coefficient (Wildman–Crippen LogP) is 7.53. The number of nitrogens with zero attached hydrogens (tertiary/aromatic N) is 4. The molecule has 0 saturated heterocycles. The van der Waals surface area contributed by atoms with Gasteiger partial charge in [0.25, 0.3) is 26.1 Å². The summed E-state index contributed by atoms with van der Waals surface area (Å²) in [5.74, 6) is -1.15. The maximum Gasteiger partial charge on any atom is 0.296 e. The molecule has 0 bridgehead atoms. The second kappa shape index (κ2) is 15.8. The predicted molar refractivity (Wildman–Crippen MR) is 188 cm³/mol. The molecule has 17 nitrogen and oxygen atoms in total. The minimum absolute atomic E-state index is 0.0443. The number of rotatable bonds is 12. The fourth-order valence-electron chi connectivity index (χ4n) is 4.77. The zero-order valence-corrected chi connectivity index (χ0v) is 28.8. The van der Waals surface area contributed by atoms with Crippen molar-refractivity contribution in [2.24, 2.45) is 15.3 Å². The van der Waals surface area contributed by atoms with Crippen molar-refractivity contribution in [1.82, 2.24) is 0 Å².